The fourth-order valence-corrected chi connectivity index (χ4v) is 1.67. The van der Waals surface area contributed by atoms with Gasteiger partial charge in [0.2, 0.25) is 0 Å². The van der Waals surface area contributed by atoms with Crippen molar-refractivity contribution in [3.05, 3.63) is 24.0 Å². The largest absolute Gasteiger partial charge is 0.490 e. The number of nitrogens with one attached hydrogen (secondary N) is 1. The number of carbonyl (C=O) groups is 1. The zero-order chi connectivity index (χ0) is 10.5. The van der Waals surface area contributed by atoms with Crippen LogP contribution in [0.2, 0.25) is 0 Å². The molecule has 0 spiro atoms. The highest BCUT2D eigenvalue weighted by molar-refractivity contribution is 5.72. The van der Waals surface area contributed by atoms with Crippen LogP contribution in [-0.2, 0) is 0 Å². The van der Waals surface area contributed by atoms with Gasteiger partial charge < -0.3 is 10.1 Å². The molecule has 2 rings (SSSR count). The number of aldehydes is 1. The van der Waals surface area contributed by atoms with Crippen LogP contribution in [0.1, 0.15) is 23.3 Å². The molecule has 1 fully saturated rings. The van der Waals surface area contributed by atoms with Gasteiger partial charge in [0.25, 0.3) is 0 Å². The average molecular weight is 206 g/mol. The first-order chi connectivity index (χ1) is 7.38. The minimum Gasteiger partial charge on any atom is -0.490 e. The summed E-state index contributed by atoms with van der Waals surface area (Å²) in [5.41, 5.74) is 0.418. The van der Waals surface area contributed by atoms with E-state index in [1.165, 1.54) is 0 Å². The third-order valence-corrected chi connectivity index (χ3v) is 2.46. The molecule has 4 heteroatoms. The lowest BCUT2D eigenvalue weighted by molar-refractivity contribution is 0.111. The van der Waals surface area contributed by atoms with Crippen molar-refractivity contribution >= 4 is 6.29 Å². The van der Waals surface area contributed by atoms with Gasteiger partial charge in [-0.15, -0.1) is 0 Å². The maximum Gasteiger partial charge on any atom is 0.168 e. The maximum absolute atomic E-state index is 10.5. The average Bonchev–Trinajstić information content (AvgIpc) is 2.31. The van der Waals surface area contributed by atoms with Gasteiger partial charge in [0, 0.05) is 12.3 Å². The molecule has 0 saturated carbocycles. The molecule has 1 aromatic heterocycles. The molecule has 1 aliphatic heterocycles. The number of hydrogen-bond acceptors (Lipinski definition) is 4. The first-order valence-corrected chi connectivity index (χ1v) is 5.17. The Morgan fingerprint density at radius 1 is 1.47 bits per heavy atom. The molecule has 1 N–H and O–H groups in total. The second-order valence-corrected chi connectivity index (χ2v) is 3.60. The van der Waals surface area contributed by atoms with Crippen molar-refractivity contribution in [2.45, 2.75) is 18.9 Å². The molecule has 15 heavy (non-hydrogen) atoms. The highest BCUT2D eigenvalue weighted by Crippen LogP contribution is 2.16. The first-order valence-electron chi connectivity index (χ1n) is 5.17. The van der Waals surface area contributed by atoms with E-state index in [-0.39, 0.29) is 6.10 Å². The lowest BCUT2D eigenvalue weighted by Crippen LogP contribution is -2.34. The molecule has 2 heterocycles. The Labute approximate surface area is 88.7 Å². The summed E-state index contributed by atoms with van der Waals surface area (Å²) in [6.07, 6.45) is 4.61. The smallest absolute Gasteiger partial charge is 0.168 e. The Morgan fingerprint density at radius 2 is 2.27 bits per heavy atom. The fraction of sp³-hybridized carbons (Fsp3) is 0.455. The Bertz CT molecular complexity index is 335. The molecule has 4 nitrogen and oxygen atoms in total. The van der Waals surface area contributed by atoms with E-state index in [4.69, 9.17) is 4.74 Å². The molecular formula is C11H14N2O2. The van der Waals surface area contributed by atoms with Crippen LogP contribution < -0.4 is 10.1 Å². The predicted molar refractivity (Wildman–Crippen MR) is 56.1 cm³/mol. The van der Waals surface area contributed by atoms with Crippen LogP contribution in [0, 0.1) is 0 Å². The van der Waals surface area contributed by atoms with E-state index in [1.54, 1.807) is 18.3 Å². The summed E-state index contributed by atoms with van der Waals surface area (Å²) in [6, 6.07) is 3.46. The van der Waals surface area contributed by atoms with E-state index >= 15 is 0 Å². The minimum atomic E-state index is 0.258. The predicted octanol–water partition coefficient (Wildman–Crippen LogP) is 1.02. The van der Waals surface area contributed by atoms with E-state index in [2.05, 4.69) is 10.3 Å². The molecule has 0 aliphatic carbocycles. The number of piperidine rings is 1. The lowest BCUT2D eigenvalue weighted by Gasteiger charge is -2.23. The van der Waals surface area contributed by atoms with Gasteiger partial charge in [-0.1, -0.05) is 0 Å². The second kappa shape index (κ2) is 4.89. The zero-order valence-electron chi connectivity index (χ0n) is 8.48. The number of rotatable bonds is 3. The van der Waals surface area contributed by atoms with Gasteiger partial charge in [-0.3, -0.25) is 9.78 Å². The fourth-order valence-electron chi connectivity index (χ4n) is 1.67. The summed E-state index contributed by atoms with van der Waals surface area (Å²) in [4.78, 5) is 14.4. The molecule has 0 atom stereocenters. The molecule has 80 valence electrons. The van der Waals surface area contributed by atoms with Gasteiger partial charge in [0.05, 0.1) is 0 Å². The van der Waals surface area contributed by atoms with Crippen molar-refractivity contribution in [2.24, 2.45) is 0 Å². The van der Waals surface area contributed by atoms with E-state index in [1.807, 2.05) is 0 Å². The third-order valence-electron chi connectivity index (χ3n) is 2.46. The summed E-state index contributed by atoms with van der Waals surface area (Å²) in [5, 5.41) is 3.27. The van der Waals surface area contributed by atoms with Crippen LogP contribution in [-0.4, -0.2) is 30.5 Å². The molecule has 0 unspecified atom stereocenters. The lowest BCUT2D eigenvalue weighted by atomic mass is 10.1. The summed E-state index contributed by atoms with van der Waals surface area (Å²) >= 11 is 0. The summed E-state index contributed by atoms with van der Waals surface area (Å²) in [5.74, 6) is 0.735. The Hall–Kier alpha value is -1.42. The summed E-state index contributed by atoms with van der Waals surface area (Å²) in [6.45, 7) is 1.99. The Morgan fingerprint density at radius 3 is 3.00 bits per heavy atom. The highest BCUT2D eigenvalue weighted by Gasteiger charge is 2.14. The second-order valence-electron chi connectivity index (χ2n) is 3.60. The van der Waals surface area contributed by atoms with Gasteiger partial charge in [0.1, 0.15) is 17.5 Å². The number of carbonyl (C=O) groups excluding carboxylic acids is 1. The van der Waals surface area contributed by atoms with E-state index in [0.29, 0.717) is 5.69 Å². The number of hydrogen-bond donors (Lipinski definition) is 1. The van der Waals surface area contributed by atoms with Crippen LogP contribution in [0.3, 0.4) is 0 Å². The van der Waals surface area contributed by atoms with Gasteiger partial charge in [0.15, 0.2) is 6.29 Å². The number of aromatic nitrogens is 1. The van der Waals surface area contributed by atoms with Gasteiger partial charge in [-0.05, 0) is 32.0 Å². The van der Waals surface area contributed by atoms with E-state index in [9.17, 15) is 4.79 Å². The Kier molecular flexibility index (Phi) is 3.29. The van der Waals surface area contributed by atoms with Crippen molar-refractivity contribution in [3.8, 4) is 5.75 Å². The van der Waals surface area contributed by atoms with Crippen molar-refractivity contribution in [3.63, 3.8) is 0 Å². The maximum atomic E-state index is 10.5. The molecule has 0 bridgehead atoms. The highest BCUT2D eigenvalue weighted by atomic mass is 16.5. The van der Waals surface area contributed by atoms with Crippen molar-refractivity contribution in [2.75, 3.05) is 13.1 Å². The van der Waals surface area contributed by atoms with Crippen molar-refractivity contribution in [1.29, 1.82) is 0 Å². The molecule has 0 aromatic carbocycles. The summed E-state index contributed by atoms with van der Waals surface area (Å²) in [7, 11) is 0. The van der Waals surface area contributed by atoms with Crippen LogP contribution in [0.4, 0.5) is 0 Å². The number of pyridine rings is 1. The quantitative estimate of drug-likeness (QED) is 0.750. The molecule has 1 aliphatic rings. The SMILES string of the molecule is O=Cc1cc(OC2CCNCC2)ccn1. The van der Waals surface area contributed by atoms with Crippen LogP contribution in [0.5, 0.6) is 5.75 Å². The van der Waals surface area contributed by atoms with E-state index < -0.39 is 0 Å². The standard InChI is InChI=1S/C11H14N2O2/c14-8-9-7-11(3-6-13-9)15-10-1-4-12-5-2-10/h3,6-8,10,12H,1-2,4-5H2. The zero-order valence-corrected chi connectivity index (χ0v) is 8.48. The van der Waals surface area contributed by atoms with Crippen molar-refractivity contribution < 1.29 is 9.53 Å². The molecule has 0 radical (unpaired) electrons. The topological polar surface area (TPSA) is 51.2 Å². The van der Waals surface area contributed by atoms with Crippen LogP contribution in [0.25, 0.3) is 0 Å². The van der Waals surface area contributed by atoms with E-state index in [0.717, 1.165) is 38.0 Å². The molecule has 0 amide bonds. The van der Waals surface area contributed by atoms with Gasteiger partial charge in [-0.25, -0.2) is 0 Å². The van der Waals surface area contributed by atoms with Crippen molar-refractivity contribution in [1.82, 2.24) is 10.3 Å². The normalized spacial score (nSPS) is 17.3. The number of nitrogens with zero attached hydrogens (tertiary/aromatic N) is 1. The monoisotopic (exact) mass is 206 g/mol. The van der Waals surface area contributed by atoms with Gasteiger partial charge in [-0.2, -0.15) is 0 Å². The van der Waals surface area contributed by atoms with Crippen LogP contribution in [0.15, 0.2) is 18.3 Å². The molecule has 1 aromatic rings. The molecule has 1 saturated heterocycles. The third kappa shape index (κ3) is 2.76. The minimum absolute atomic E-state index is 0.258. The first kappa shape index (κ1) is 10.1. The van der Waals surface area contributed by atoms with Crippen LogP contribution >= 0.6 is 0 Å². The number of ether oxygens (including phenoxy) is 1. The molecular weight excluding hydrogens is 192 g/mol. The van der Waals surface area contributed by atoms with Gasteiger partial charge >= 0.3 is 0 Å². The Balaban J connectivity index is 1.99. The summed E-state index contributed by atoms with van der Waals surface area (Å²) < 4.78 is 5.76.